The quantitative estimate of drug-likeness (QED) is 0.637. The lowest BCUT2D eigenvalue weighted by atomic mass is 9.98. The van der Waals surface area contributed by atoms with Crippen LogP contribution in [0.1, 0.15) is 43.6 Å². The summed E-state index contributed by atoms with van der Waals surface area (Å²) >= 11 is 0. The van der Waals surface area contributed by atoms with Gasteiger partial charge in [0.2, 0.25) is 0 Å². The maximum absolute atomic E-state index is 4.47. The van der Waals surface area contributed by atoms with Crippen molar-refractivity contribution in [1.29, 1.82) is 0 Å². The number of hydrogen-bond acceptors (Lipinski definition) is 3. The van der Waals surface area contributed by atoms with E-state index in [1.54, 1.807) is 0 Å². The summed E-state index contributed by atoms with van der Waals surface area (Å²) in [6.07, 6.45) is 2.63. The minimum atomic E-state index is 0.526. The Hall–Kier alpha value is -1.56. The van der Waals surface area contributed by atoms with Gasteiger partial charge in [0.25, 0.3) is 0 Å². The molecule has 1 saturated heterocycles. The molecule has 6 heteroatoms. The zero-order chi connectivity index (χ0) is 17.7. The van der Waals surface area contributed by atoms with Crippen molar-refractivity contribution in [3.63, 3.8) is 0 Å². The predicted molar refractivity (Wildman–Crippen MR) is 100 cm³/mol. The molecule has 1 unspecified atom stereocenters. The molecule has 0 aromatic carbocycles. The molecule has 0 amide bonds. The number of aryl methyl sites for hydroxylation is 2. The highest BCUT2D eigenvalue weighted by Crippen LogP contribution is 2.17. The number of hydrogen-bond donors (Lipinski definition) is 2. The van der Waals surface area contributed by atoms with E-state index in [0.29, 0.717) is 6.04 Å². The Bertz CT molecular complexity index is 554. The summed E-state index contributed by atoms with van der Waals surface area (Å²) < 4.78 is 1.93. The van der Waals surface area contributed by atoms with Gasteiger partial charge in [-0.1, -0.05) is 6.92 Å². The average molecular weight is 335 g/mol. The Morgan fingerprint density at radius 1 is 1.29 bits per heavy atom. The Kier molecular flexibility index (Phi) is 6.66. The van der Waals surface area contributed by atoms with Crippen LogP contribution in [0.15, 0.2) is 4.99 Å². The number of likely N-dealkylation sites (tertiary alicyclic amines) is 1. The highest BCUT2D eigenvalue weighted by atomic mass is 15.3. The van der Waals surface area contributed by atoms with Gasteiger partial charge in [-0.25, -0.2) is 0 Å². The van der Waals surface area contributed by atoms with Crippen molar-refractivity contribution in [3.05, 3.63) is 17.0 Å². The normalized spacial score (nSPS) is 18.7. The van der Waals surface area contributed by atoms with Crippen molar-refractivity contribution < 1.29 is 0 Å². The monoisotopic (exact) mass is 334 g/mol. The fourth-order valence-corrected chi connectivity index (χ4v) is 3.31. The van der Waals surface area contributed by atoms with Crippen LogP contribution in [0, 0.1) is 19.8 Å². The Labute approximate surface area is 146 Å². The average Bonchev–Trinajstić information content (AvgIpc) is 2.81. The summed E-state index contributed by atoms with van der Waals surface area (Å²) in [6.45, 7) is 12.9. The number of aromatic nitrogens is 2. The van der Waals surface area contributed by atoms with Gasteiger partial charge in [-0.15, -0.1) is 0 Å². The topological polar surface area (TPSA) is 57.5 Å². The van der Waals surface area contributed by atoms with Gasteiger partial charge in [0.05, 0.1) is 5.69 Å². The van der Waals surface area contributed by atoms with Gasteiger partial charge in [-0.3, -0.25) is 14.6 Å². The molecular formula is C18H34N6. The minimum absolute atomic E-state index is 0.526. The van der Waals surface area contributed by atoms with Crippen LogP contribution in [0.3, 0.4) is 0 Å². The SMILES string of the molecule is CN=C(NCc1c(C)nn(C)c1C)NCC(C)N1CCC(C)CC1. The lowest BCUT2D eigenvalue weighted by Gasteiger charge is -2.35. The second-order valence-corrected chi connectivity index (χ2v) is 7.15. The molecule has 0 bridgehead atoms. The summed E-state index contributed by atoms with van der Waals surface area (Å²) in [5, 5.41) is 11.3. The van der Waals surface area contributed by atoms with Crippen molar-refractivity contribution in [2.75, 3.05) is 26.7 Å². The molecule has 1 fully saturated rings. The Morgan fingerprint density at radius 2 is 1.96 bits per heavy atom. The van der Waals surface area contributed by atoms with Gasteiger partial charge in [-0.05, 0) is 52.6 Å². The van der Waals surface area contributed by atoms with Crippen LogP contribution in [0.4, 0.5) is 0 Å². The second-order valence-electron chi connectivity index (χ2n) is 7.15. The van der Waals surface area contributed by atoms with Crippen LogP contribution in [0.5, 0.6) is 0 Å². The molecule has 1 aliphatic heterocycles. The third-order valence-corrected chi connectivity index (χ3v) is 5.32. The fraction of sp³-hybridized carbons (Fsp3) is 0.778. The molecule has 1 aromatic heterocycles. The molecule has 0 saturated carbocycles. The van der Waals surface area contributed by atoms with Crippen molar-refractivity contribution in [2.24, 2.45) is 18.0 Å². The van der Waals surface area contributed by atoms with Gasteiger partial charge in [0, 0.05) is 44.5 Å². The highest BCUT2D eigenvalue weighted by molar-refractivity contribution is 5.79. The van der Waals surface area contributed by atoms with E-state index in [2.05, 4.69) is 53.3 Å². The van der Waals surface area contributed by atoms with E-state index in [0.717, 1.165) is 30.7 Å². The molecule has 0 spiro atoms. The smallest absolute Gasteiger partial charge is 0.191 e. The predicted octanol–water partition coefficient (Wildman–Crippen LogP) is 1.82. The number of piperidine rings is 1. The first-order valence-corrected chi connectivity index (χ1v) is 9.10. The first kappa shape index (κ1) is 18.8. The molecule has 2 N–H and O–H groups in total. The van der Waals surface area contributed by atoms with Crippen LogP contribution in [0.25, 0.3) is 0 Å². The molecule has 24 heavy (non-hydrogen) atoms. The highest BCUT2D eigenvalue weighted by Gasteiger charge is 2.20. The van der Waals surface area contributed by atoms with Gasteiger partial charge < -0.3 is 10.6 Å². The van der Waals surface area contributed by atoms with Crippen molar-refractivity contribution in [3.8, 4) is 0 Å². The van der Waals surface area contributed by atoms with Gasteiger partial charge >= 0.3 is 0 Å². The summed E-state index contributed by atoms with van der Waals surface area (Å²) in [7, 11) is 3.81. The summed E-state index contributed by atoms with van der Waals surface area (Å²) in [5.74, 6) is 1.73. The molecule has 136 valence electrons. The van der Waals surface area contributed by atoms with Crippen LogP contribution in [0.2, 0.25) is 0 Å². The first-order chi connectivity index (χ1) is 11.4. The van der Waals surface area contributed by atoms with E-state index in [-0.39, 0.29) is 0 Å². The molecule has 1 aromatic rings. The summed E-state index contributed by atoms with van der Waals surface area (Å²) in [6, 6.07) is 0.526. The largest absolute Gasteiger partial charge is 0.355 e. The number of rotatable bonds is 5. The molecule has 2 heterocycles. The summed E-state index contributed by atoms with van der Waals surface area (Å²) in [4.78, 5) is 6.93. The number of nitrogens with zero attached hydrogens (tertiary/aromatic N) is 4. The lowest BCUT2D eigenvalue weighted by Crippen LogP contribution is -2.48. The first-order valence-electron chi connectivity index (χ1n) is 9.10. The van der Waals surface area contributed by atoms with Crippen LogP contribution in [-0.4, -0.2) is 53.4 Å². The van der Waals surface area contributed by atoms with E-state index in [1.165, 1.54) is 37.2 Å². The van der Waals surface area contributed by atoms with Crippen LogP contribution in [-0.2, 0) is 13.6 Å². The molecular weight excluding hydrogens is 300 g/mol. The third kappa shape index (κ3) is 4.72. The number of aliphatic imine (C=N–C) groups is 1. The molecule has 2 rings (SSSR count). The van der Waals surface area contributed by atoms with Gasteiger partial charge in [0.1, 0.15) is 0 Å². The van der Waals surface area contributed by atoms with Crippen molar-refractivity contribution in [1.82, 2.24) is 25.3 Å². The van der Waals surface area contributed by atoms with Crippen molar-refractivity contribution in [2.45, 2.75) is 53.1 Å². The Morgan fingerprint density at radius 3 is 2.50 bits per heavy atom. The van der Waals surface area contributed by atoms with E-state index in [4.69, 9.17) is 0 Å². The maximum Gasteiger partial charge on any atom is 0.191 e. The van der Waals surface area contributed by atoms with Crippen LogP contribution < -0.4 is 10.6 Å². The molecule has 1 aliphatic rings. The van der Waals surface area contributed by atoms with E-state index < -0.39 is 0 Å². The van der Waals surface area contributed by atoms with E-state index >= 15 is 0 Å². The van der Waals surface area contributed by atoms with E-state index in [1.807, 2.05) is 18.8 Å². The Balaban J connectivity index is 1.80. The fourth-order valence-electron chi connectivity index (χ4n) is 3.31. The van der Waals surface area contributed by atoms with Crippen molar-refractivity contribution >= 4 is 5.96 Å². The summed E-state index contributed by atoms with van der Waals surface area (Å²) in [5.41, 5.74) is 3.53. The number of guanidine groups is 1. The third-order valence-electron chi connectivity index (χ3n) is 5.32. The zero-order valence-electron chi connectivity index (χ0n) is 16.2. The van der Waals surface area contributed by atoms with Gasteiger partial charge in [-0.2, -0.15) is 5.10 Å². The minimum Gasteiger partial charge on any atom is -0.355 e. The second kappa shape index (κ2) is 8.51. The lowest BCUT2D eigenvalue weighted by molar-refractivity contribution is 0.147. The number of nitrogens with one attached hydrogen (secondary N) is 2. The molecule has 0 radical (unpaired) electrons. The van der Waals surface area contributed by atoms with Crippen LogP contribution >= 0.6 is 0 Å². The molecule has 6 nitrogen and oxygen atoms in total. The molecule has 1 atom stereocenters. The standard InChI is InChI=1S/C18H34N6/c1-13-7-9-24(10-8-13)14(2)11-20-18(19-5)21-12-17-15(3)22-23(6)16(17)4/h13-14H,7-12H2,1-6H3,(H2,19,20,21). The zero-order valence-corrected chi connectivity index (χ0v) is 16.2. The maximum atomic E-state index is 4.47. The van der Waals surface area contributed by atoms with Gasteiger partial charge in [0.15, 0.2) is 5.96 Å². The van der Waals surface area contributed by atoms with E-state index in [9.17, 15) is 0 Å². The molecule has 0 aliphatic carbocycles.